The van der Waals surface area contributed by atoms with E-state index < -0.39 is 35.7 Å². The summed E-state index contributed by atoms with van der Waals surface area (Å²) in [7, 11) is 0. The van der Waals surface area contributed by atoms with Crippen LogP contribution in [0.2, 0.25) is 0 Å². The Balaban J connectivity index is 1.97. The first-order valence-corrected chi connectivity index (χ1v) is 11.8. The number of amides is 3. The molecule has 0 aliphatic carbocycles. The van der Waals surface area contributed by atoms with Crippen LogP contribution in [0.15, 0.2) is 60.7 Å². The van der Waals surface area contributed by atoms with E-state index >= 15 is 0 Å². The van der Waals surface area contributed by atoms with Gasteiger partial charge < -0.3 is 30.5 Å². The molecule has 4 N–H and O–H groups in total. The third-order valence-electron chi connectivity index (χ3n) is 4.78. The second-order valence-electron chi connectivity index (χ2n) is 9.08. The molecule has 198 valence electrons. The second kappa shape index (κ2) is 14.3. The topological polar surface area (TPSA) is 143 Å². The first kappa shape index (κ1) is 28.9. The molecule has 2 aromatic rings. The number of carbonyl (C=O) groups is 4. The van der Waals surface area contributed by atoms with E-state index in [1.807, 2.05) is 30.3 Å². The van der Waals surface area contributed by atoms with Crippen LogP contribution < -0.4 is 16.0 Å². The number of hydrogen-bond donors (Lipinski definition) is 4. The number of carbonyl (C=O) groups excluding carboxylic acids is 3. The molecule has 0 saturated heterocycles. The molecule has 0 spiro atoms. The van der Waals surface area contributed by atoms with E-state index in [2.05, 4.69) is 16.0 Å². The standard InChI is InChI=1S/C27H33N3O7/c1-27(2,3)37-26(35)30-22(14-9-17-28-25(34)36-18-19-10-5-4-6-11-19)24(33)29-21-13-8-7-12-20(21)15-16-23(31)32/h4-8,10-13,15-16,22H,9,14,17-18H2,1-3H3,(H,28,34)(H,29,33)(H,30,35)(H,31,32)/b16-15+/t22-/m0/s1. The number of benzene rings is 2. The summed E-state index contributed by atoms with van der Waals surface area (Å²) in [6, 6.07) is 14.9. The van der Waals surface area contributed by atoms with Crippen LogP contribution in [0.3, 0.4) is 0 Å². The average molecular weight is 512 g/mol. The first-order chi connectivity index (χ1) is 17.5. The van der Waals surface area contributed by atoms with Crippen LogP contribution in [0, 0.1) is 0 Å². The Labute approximate surface area is 216 Å². The van der Waals surface area contributed by atoms with Gasteiger partial charge in [-0.3, -0.25) is 4.79 Å². The van der Waals surface area contributed by atoms with E-state index in [1.165, 1.54) is 6.08 Å². The summed E-state index contributed by atoms with van der Waals surface area (Å²) in [5.41, 5.74) is 0.957. The minimum absolute atomic E-state index is 0.133. The minimum atomic E-state index is -1.12. The van der Waals surface area contributed by atoms with Gasteiger partial charge in [-0.25, -0.2) is 14.4 Å². The van der Waals surface area contributed by atoms with Crippen molar-refractivity contribution in [1.29, 1.82) is 0 Å². The second-order valence-corrected chi connectivity index (χ2v) is 9.08. The average Bonchev–Trinajstić information content (AvgIpc) is 2.83. The molecule has 10 nitrogen and oxygen atoms in total. The van der Waals surface area contributed by atoms with Gasteiger partial charge in [0.1, 0.15) is 18.2 Å². The molecule has 0 fully saturated rings. The molecule has 0 aliphatic rings. The predicted octanol–water partition coefficient (Wildman–Crippen LogP) is 4.32. The largest absolute Gasteiger partial charge is 0.478 e. The smallest absolute Gasteiger partial charge is 0.408 e. The van der Waals surface area contributed by atoms with Crippen LogP contribution in [0.4, 0.5) is 15.3 Å². The van der Waals surface area contributed by atoms with Crippen molar-refractivity contribution in [3.63, 3.8) is 0 Å². The molecule has 3 amide bonds. The van der Waals surface area contributed by atoms with E-state index in [4.69, 9.17) is 14.6 Å². The van der Waals surface area contributed by atoms with E-state index in [-0.39, 0.29) is 19.6 Å². The van der Waals surface area contributed by atoms with Gasteiger partial charge >= 0.3 is 18.2 Å². The quantitative estimate of drug-likeness (QED) is 0.260. The third kappa shape index (κ3) is 11.8. The molecule has 2 rings (SSSR count). The van der Waals surface area contributed by atoms with Crippen molar-refractivity contribution in [2.75, 3.05) is 11.9 Å². The number of hydrogen-bond acceptors (Lipinski definition) is 6. The highest BCUT2D eigenvalue weighted by molar-refractivity contribution is 5.98. The van der Waals surface area contributed by atoms with Crippen molar-refractivity contribution in [2.45, 2.75) is 51.9 Å². The van der Waals surface area contributed by atoms with E-state index in [1.54, 1.807) is 45.0 Å². The summed E-state index contributed by atoms with van der Waals surface area (Å²) in [5, 5.41) is 16.8. The van der Waals surface area contributed by atoms with E-state index in [0.29, 0.717) is 17.7 Å². The Morgan fingerprint density at radius 3 is 2.32 bits per heavy atom. The molecule has 0 saturated carbocycles. The molecule has 0 unspecified atom stereocenters. The van der Waals surface area contributed by atoms with Crippen molar-refractivity contribution < 1.29 is 33.8 Å². The summed E-state index contributed by atoms with van der Waals surface area (Å²) in [5.74, 6) is -1.64. The maximum Gasteiger partial charge on any atom is 0.408 e. The summed E-state index contributed by atoms with van der Waals surface area (Å²) >= 11 is 0. The molecule has 1 atom stereocenters. The van der Waals surface area contributed by atoms with Crippen LogP contribution in [0.1, 0.15) is 44.7 Å². The Hall–Kier alpha value is -4.34. The molecule has 0 aliphatic heterocycles. The lowest BCUT2D eigenvalue weighted by atomic mass is 10.1. The number of aliphatic carboxylic acids is 1. The number of carboxylic acids is 1. The number of anilines is 1. The number of para-hydroxylation sites is 1. The zero-order valence-electron chi connectivity index (χ0n) is 21.2. The molecule has 0 bridgehead atoms. The van der Waals surface area contributed by atoms with E-state index in [0.717, 1.165) is 11.6 Å². The third-order valence-corrected chi connectivity index (χ3v) is 4.78. The molecular weight excluding hydrogens is 478 g/mol. The number of ether oxygens (including phenoxy) is 2. The number of alkyl carbamates (subject to hydrolysis) is 2. The predicted molar refractivity (Wildman–Crippen MR) is 139 cm³/mol. The fourth-order valence-electron chi connectivity index (χ4n) is 3.13. The highest BCUT2D eigenvalue weighted by atomic mass is 16.6. The van der Waals surface area contributed by atoms with Gasteiger partial charge in [0.2, 0.25) is 5.91 Å². The van der Waals surface area contributed by atoms with Gasteiger partial charge in [-0.2, -0.15) is 0 Å². The molecular formula is C27H33N3O7. The maximum atomic E-state index is 13.1. The van der Waals surface area contributed by atoms with Crippen molar-refractivity contribution in [3.8, 4) is 0 Å². The van der Waals surface area contributed by atoms with Gasteiger partial charge in [0.05, 0.1) is 0 Å². The van der Waals surface area contributed by atoms with Crippen LogP contribution in [0.25, 0.3) is 6.08 Å². The Morgan fingerprint density at radius 1 is 0.973 bits per heavy atom. The van der Waals surface area contributed by atoms with Crippen LogP contribution in [-0.4, -0.2) is 47.4 Å². The lowest BCUT2D eigenvalue weighted by Gasteiger charge is -2.23. The molecule has 2 aromatic carbocycles. The highest BCUT2D eigenvalue weighted by Crippen LogP contribution is 2.18. The molecule has 0 radical (unpaired) electrons. The summed E-state index contributed by atoms with van der Waals surface area (Å²) < 4.78 is 10.4. The monoisotopic (exact) mass is 511 g/mol. The van der Waals surface area contributed by atoms with Crippen molar-refractivity contribution in [2.24, 2.45) is 0 Å². The molecule has 10 heteroatoms. The zero-order chi connectivity index (χ0) is 27.3. The van der Waals surface area contributed by atoms with Gasteiger partial charge in [-0.1, -0.05) is 48.5 Å². The zero-order valence-corrected chi connectivity index (χ0v) is 21.2. The van der Waals surface area contributed by atoms with Crippen LogP contribution in [0.5, 0.6) is 0 Å². The fourth-order valence-corrected chi connectivity index (χ4v) is 3.13. The van der Waals surface area contributed by atoms with Gasteiger partial charge in [-0.05, 0) is 56.9 Å². The van der Waals surface area contributed by atoms with Gasteiger partial charge in [0.25, 0.3) is 0 Å². The molecule has 0 aromatic heterocycles. The number of nitrogens with one attached hydrogen (secondary N) is 3. The number of carboxylic acid groups (broad SMARTS) is 1. The van der Waals surface area contributed by atoms with Gasteiger partial charge in [0, 0.05) is 18.3 Å². The van der Waals surface area contributed by atoms with Gasteiger partial charge in [0.15, 0.2) is 0 Å². The Morgan fingerprint density at radius 2 is 1.65 bits per heavy atom. The highest BCUT2D eigenvalue weighted by Gasteiger charge is 2.24. The van der Waals surface area contributed by atoms with Crippen molar-refractivity contribution >= 4 is 35.8 Å². The van der Waals surface area contributed by atoms with Crippen LogP contribution in [-0.2, 0) is 25.7 Å². The number of rotatable bonds is 11. The lowest BCUT2D eigenvalue weighted by molar-refractivity contribution is -0.131. The molecule has 0 heterocycles. The maximum absolute atomic E-state index is 13.1. The SMILES string of the molecule is CC(C)(C)OC(=O)N[C@@H](CCCNC(=O)OCc1ccccc1)C(=O)Nc1ccccc1/C=C/C(=O)O. The summed E-state index contributed by atoms with van der Waals surface area (Å²) in [6.45, 7) is 5.46. The van der Waals surface area contributed by atoms with Crippen molar-refractivity contribution in [1.82, 2.24) is 10.6 Å². The van der Waals surface area contributed by atoms with E-state index in [9.17, 15) is 19.2 Å². The Kier molecular flexibility index (Phi) is 11.1. The molecule has 37 heavy (non-hydrogen) atoms. The normalized spacial score (nSPS) is 11.9. The first-order valence-electron chi connectivity index (χ1n) is 11.8. The lowest BCUT2D eigenvalue weighted by Crippen LogP contribution is -2.46. The summed E-state index contributed by atoms with van der Waals surface area (Å²) in [4.78, 5) is 48.3. The van der Waals surface area contributed by atoms with Crippen molar-refractivity contribution in [3.05, 3.63) is 71.8 Å². The summed E-state index contributed by atoms with van der Waals surface area (Å²) in [6.07, 6.45) is 1.51. The Bertz CT molecular complexity index is 1090. The van der Waals surface area contributed by atoms with Gasteiger partial charge in [-0.15, -0.1) is 0 Å². The minimum Gasteiger partial charge on any atom is -0.478 e. The van der Waals surface area contributed by atoms with Crippen LogP contribution >= 0.6 is 0 Å². The fraction of sp³-hybridized carbons (Fsp3) is 0.333.